The fourth-order valence-electron chi connectivity index (χ4n) is 8.59. The molecule has 0 aliphatic heterocycles. The maximum absolute atomic E-state index is 12.5. The smallest absolute Gasteiger partial charge is 0.220 e. The Morgan fingerprint density at radius 3 is 1.02 bits per heavy atom. The van der Waals surface area contributed by atoms with E-state index in [0.29, 0.717) is 12.8 Å². The molecule has 0 aromatic heterocycles. The highest BCUT2D eigenvalue weighted by Gasteiger charge is 2.26. The Bertz CT molecular complexity index is 890. The van der Waals surface area contributed by atoms with Crippen LogP contribution in [-0.4, -0.2) is 46.1 Å². The SMILES string of the molecule is CCCCCCCC/C=C/CC/C=C/CCCC(O)C(O)C(CO)NC(=O)CCCCCCCCCCCCCCCCCCCCCCCCCCCCCCCCC. The zero-order valence-corrected chi connectivity index (χ0v) is 40.6. The molecule has 4 N–H and O–H groups in total. The van der Waals surface area contributed by atoms with Crippen molar-refractivity contribution in [1.82, 2.24) is 5.32 Å². The molecule has 0 aliphatic carbocycles. The van der Waals surface area contributed by atoms with Crippen molar-refractivity contribution in [2.45, 2.75) is 315 Å². The van der Waals surface area contributed by atoms with Crippen molar-refractivity contribution in [2.24, 2.45) is 0 Å². The number of hydrogen-bond donors (Lipinski definition) is 4. The number of amides is 1. The molecule has 0 heterocycles. The molecule has 5 nitrogen and oxygen atoms in total. The second-order valence-electron chi connectivity index (χ2n) is 18.8. The van der Waals surface area contributed by atoms with Crippen LogP contribution in [0, 0.1) is 0 Å². The Morgan fingerprint density at radius 1 is 0.400 bits per heavy atom. The molecular weight excluding hydrogens is 739 g/mol. The monoisotopic (exact) mass is 846 g/mol. The van der Waals surface area contributed by atoms with Crippen LogP contribution in [0.1, 0.15) is 296 Å². The number of hydrogen-bond acceptors (Lipinski definition) is 4. The Kier molecular flexibility index (Phi) is 49.5. The number of carbonyl (C=O) groups excluding carboxylic acids is 1. The maximum Gasteiger partial charge on any atom is 0.220 e. The second kappa shape index (κ2) is 50.5. The molecule has 0 aliphatic rings. The van der Waals surface area contributed by atoms with E-state index in [-0.39, 0.29) is 12.5 Å². The standard InChI is InChI=1S/C55H107NO4/c1-3-5-7-9-11-13-15-17-19-20-21-22-23-24-25-26-27-28-29-30-31-32-33-34-36-38-40-42-44-46-48-50-54(59)56-52(51-57)55(60)53(58)49-47-45-43-41-39-37-35-18-16-14-12-10-8-6-4-2/h18,35,41,43,52-53,55,57-58,60H,3-17,19-34,36-40,42,44-51H2,1-2H3,(H,56,59)/b35-18+,43-41+. The van der Waals surface area contributed by atoms with Gasteiger partial charge in [-0.3, -0.25) is 4.79 Å². The lowest BCUT2D eigenvalue weighted by atomic mass is 10.0. The van der Waals surface area contributed by atoms with Gasteiger partial charge < -0.3 is 20.6 Å². The Labute approximate surface area is 375 Å². The predicted molar refractivity (Wildman–Crippen MR) is 264 cm³/mol. The highest BCUT2D eigenvalue weighted by molar-refractivity contribution is 5.76. The highest BCUT2D eigenvalue weighted by atomic mass is 16.3. The first kappa shape index (κ1) is 58.8. The van der Waals surface area contributed by atoms with Crippen molar-refractivity contribution in [2.75, 3.05) is 6.61 Å². The average molecular weight is 846 g/mol. The molecule has 0 saturated carbocycles. The lowest BCUT2D eigenvalue weighted by Crippen LogP contribution is -2.50. The van der Waals surface area contributed by atoms with Crippen LogP contribution in [0.4, 0.5) is 0 Å². The molecule has 356 valence electrons. The van der Waals surface area contributed by atoms with Crippen LogP contribution in [-0.2, 0) is 4.79 Å². The number of rotatable bonds is 50. The van der Waals surface area contributed by atoms with E-state index < -0.39 is 18.2 Å². The van der Waals surface area contributed by atoms with E-state index in [1.807, 2.05) is 0 Å². The highest BCUT2D eigenvalue weighted by Crippen LogP contribution is 2.18. The van der Waals surface area contributed by atoms with Crippen molar-refractivity contribution in [1.29, 1.82) is 0 Å². The molecule has 0 fully saturated rings. The van der Waals surface area contributed by atoms with Gasteiger partial charge in [0, 0.05) is 6.42 Å². The van der Waals surface area contributed by atoms with Gasteiger partial charge in [-0.15, -0.1) is 0 Å². The van der Waals surface area contributed by atoms with Crippen molar-refractivity contribution in [3.05, 3.63) is 24.3 Å². The normalized spacial score (nSPS) is 13.5. The molecule has 0 bridgehead atoms. The summed E-state index contributed by atoms with van der Waals surface area (Å²) in [5.41, 5.74) is 0. The second-order valence-corrected chi connectivity index (χ2v) is 18.8. The third-order valence-electron chi connectivity index (χ3n) is 12.8. The molecule has 5 heteroatoms. The molecule has 0 saturated heterocycles. The zero-order valence-electron chi connectivity index (χ0n) is 40.6. The van der Waals surface area contributed by atoms with E-state index in [9.17, 15) is 20.1 Å². The van der Waals surface area contributed by atoms with E-state index in [4.69, 9.17) is 0 Å². The lowest BCUT2D eigenvalue weighted by molar-refractivity contribution is -0.124. The predicted octanol–water partition coefficient (Wildman–Crippen LogP) is 16.5. The summed E-state index contributed by atoms with van der Waals surface area (Å²) in [6.45, 7) is 4.18. The first-order chi connectivity index (χ1) is 29.6. The summed E-state index contributed by atoms with van der Waals surface area (Å²) < 4.78 is 0. The van der Waals surface area contributed by atoms with E-state index in [2.05, 4.69) is 43.5 Å². The van der Waals surface area contributed by atoms with Gasteiger partial charge in [0.2, 0.25) is 5.91 Å². The maximum atomic E-state index is 12.5. The van der Waals surface area contributed by atoms with Gasteiger partial charge in [0.25, 0.3) is 0 Å². The van der Waals surface area contributed by atoms with Crippen LogP contribution in [0.3, 0.4) is 0 Å². The minimum atomic E-state index is -1.16. The third-order valence-corrected chi connectivity index (χ3v) is 12.8. The minimum absolute atomic E-state index is 0.153. The minimum Gasteiger partial charge on any atom is -0.394 e. The van der Waals surface area contributed by atoms with E-state index in [0.717, 1.165) is 44.9 Å². The van der Waals surface area contributed by atoms with E-state index in [1.165, 1.54) is 225 Å². The lowest BCUT2D eigenvalue weighted by Gasteiger charge is -2.26. The third kappa shape index (κ3) is 44.9. The number of carbonyl (C=O) groups is 1. The molecule has 1 amide bonds. The number of unbranched alkanes of at least 4 members (excludes halogenated alkanes) is 38. The van der Waals surface area contributed by atoms with E-state index >= 15 is 0 Å². The van der Waals surface area contributed by atoms with Crippen molar-refractivity contribution in [3.8, 4) is 0 Å². The van der Waals surface area contributed by atoms with Crippen molar-refractivity contribution in [3.63, 3.8) is 0 Å². The average Bonchev–Trinajstić information content (AvgIpc) is 3.25. The largest absolute Gasteiger partial charge is 0.394 e. The van der Waals surface area contributed by atoms with Crippen LogP contribution in [0.25, 0.3) is 0 Å². The van der Waals surface area contributed by atoms with Crippen LogP contribution in [0.2, 0.25) is 0 Å². The summed E-state index contributed by atoms with van der Waals surface area (Å²) in [5.74, 6) is -0.153. The van der Waals surface area contributed by atoms with Crippen LogP contribution < -0.4 is 5.32 Å². The molecule has 0 rings (SSSR count). The van der Waals surface area contributed by atoms with Gasteiger partial charge in [-0.25, -0.2) is 0 Å². The van der Waals surface area contributed by atoms with Gasteiger partial charge in [-0.05, 0) is 51.4 Å². The van der Waals surface area contributed by atoms with Crippen LogP contribution >= 0.6 is 0 Å². The fourth-order valence-corrected chi connectivity index (χ4v) is 8.59. The Hall–Kier alpha value is -1.17. The Morgan fingerprint density at radius 2 is 0.683 bits per heavy atom. The molecule has 0 aromatic carbocycles. The van der Waals surface area contributed by atoms with Gasteiger partial charge in [0.15, 0.2) is 0 Å². The van der Waals surface area contributed by atoms with Gasteiger partial charge in [-0.2, -0.15) is 0 Å². The molecule has 0 spiro atoms. The fraction of sp³-hybridized carbons (Fsp3) is 0.909. The first-order valence-electron chi connectivity index (χ1n) is 27.1. The molecule has 3 unspecified atom stereocenters. The van der Waals surface area contributed by atoms with E-state index in [1.54, 1.807) is 0 Å². The molecular formula is C55H107NO4. The molecule has 3 atom stereocenters. The van der Waals surface area contributed by atoms with Gasteiger partial charge >= 0.3 is 0 Å². The summed E-state index contributed by atoms with van der Waals surface area (Å²) in [6, 6.07) is -0.829. The van der Waals surface area contributed by atoms with Crippen molar-refractivity contribution < 1.29 is 20.1 Å². The van der Waals surface area contributed by atoms with Gasteiger partial charge in [0.05, 0.1) is 18.8 Å². The zero-order chi connectivity index (χ0) is 43.7. The number of aliphatic hydroxyl groups is 3. The topological polar surface area (TPSA) is 89.8 Å². The molecule has 60 heavy (non-hydrogen) atoms. The van der Waals surface area contributed by atoms with Crippen LogP contribution in [0.5, 0.6) is 0 Å². The quantitative estimate of drug-likeness (QED) is 0.0363. The van der Waals surface area contributed by atoms with Crippen molar-refractivity contribution >= 4 is 5.91 Å². The number of allylic oxidation sites excluding steroid dienone is 4. The number of aliphatic hydroxyl groups excluding tert-OH is 3. The first-order valence-corrected chi connectivity index (χ1v) is 27.1. The number of nitrogens with one attached hydrogen (secondary N) is 1. The molecule has 0 aromatic rings. The van der Waals surface area contributed by atoms with Gasteiger partial charge in [0.1, 0.15) is 6.10 Å². The summed E-state index contributed by atoms with van der Waals surface area (Å²) in [4.78, 5) is 12.5. The summed E-state index contributed by atoms with van der Waals surface area (Å²) >= 11 is 0. The summed E-state index contributed by atoms with van der Waals surface area (Å²) in [6.07, 6.45) is 63.4. The van der Waals surface area contributed by atoms with Gasteiger partial charge in [-0.1, -0.05) is 263 Å². The Balaban J connectivity index is 3.50. The molecule has 0 radical (unpaired) electrons. The van der Waals surface area contributed by atoms with Crippen LogP contribution in [0.15, 0.2) is 24.3 Å². The summed E-state index contributed by atoms with van der Waals surface area (Å²) in [7, 11) is 0. The summed E-state index contributed by atoms with van der Waals surface area (Å²) in [5, 5.41) is 33.6.